The van der Waals surface area contributed by atoms with Gasteiger partial charge in [-0.3, -0.25) is 9.59 Å². The quantitative estimate of drug-likeness (QED) is 0.492. The van der Waals surface area contributed by atoms with Crippen molar-refractivity contribution in [3.05, 3.63) is 0 Å². The zero-order valence-corrected chi connectivity index (χ0v) is 10.8. The smallest absolute Gasteiger partial charge is 0.305 e. The van der Waals surface area contributed by atoms with Crippen molar-refractivity contribution in [1.29, 1.82) is 0 Å². The van der Waals surface area contributed by atoms with E-state index in [0.717, 1.165) is 32.1 Å². The monoisotopic (exact) mass is 252 g/mol. The molecule has 0 spiro atoms. The molecule has 0 unspecified atom stereocenters. The zero-order chi connectivity index (χ0) is 11.5. The number of hydrogen-bond acceptors (Lipinski definition) is 4. The van der Waals surface area contributed by atoms with Crippen molar-refractivity contribution in [1.82, 2.24) is 0 Å². The van der Waals surface area contributed by atoms with Gasteiger partial charge in [0, 0.05) is 12.8 Å². The lowest BCUT2D eigenvalue weighted by atomic mass is 10.1. The number of carbonyl (C=O) groups is 2. The van der Waals surface area contributed by atoms with Crippen molar-refractivity contribution in [2.75, 3.05) is 14.2 Å². The summed E-state index contributed by atoms with van der Waals surface area (Å²) in [4.78, 5) is 21.5. The van der Waals surface area contributed by atoms with Crippen molar-refractivity contribution in [3.63, 3.8) is 0 Å². The van der Waals surface area contributed by atoms with Gasteiger partial charge in [-0.1, -0.05) is 19.3 Å². The summed E-state index contributed by atoms with van der Waals surface area (Å²) < 4.78 is 9.05. The SMILES string of the molecule is COC(=O)CCCCCCCC(=O)OC.Cl. The van der Waals surface area contributed by atoms with E-state index in [1.807, 2.05) is 0 Å². The topological polar surface area (TPSA) is 52.6 Å². The molecule has 0 aliphatic heterocycles. The normalized spacial score (nSPS) is 9.12. The van der Waals surface area contributed by atoms with Crippen LogP contribution in [0.3, 0.4) is 0 Å². The van der Waals surface area contributed by atoms with Crippen LogP contribution < -0.4 is 0 Å². The Morgan fingerprint density at radius 2 is 1.06 bits per heavy atom. The summed E-state index contributed by atoms with van der Waals surface area (Å²) in [7, 11) is 2.80. The molecule has 0 radical (unpaired) electrons. The van der Waals surface area contributed by atoms with Crippen molar-refractivity contribution in [2.45, 2.75) is 44.9 Å². The summed E-state index contributed by atoms with van der Waals surface area (Å²) in [6, 6.07) is 0. The van der Waals surface area contributed by atoms with Crippen LogP contribution in [-0.4, -0.2) is 26.2 Å². The van der Waals surface area contributed by atoms with E-state index in [0.29, 0.717) is 12.8 Å². The van der Waals surface area contributed by atoms with E-state index < -0.39 is 0 Å². The van der Waals surface area contributed by atoms with Gasteiger partial charge >= 0.3 is 11.9 Å². The number of methoxy groups -OCH3 is 2. The molecule has 0 bridgehead atoms. The van der Waals surface area contributed by atoms with Crippen LogP contribution in [0.1, 0.15) is 44.9 Å². The van der Waals surface area contributed by atoms with Gasteiger partial charge in [0.15, 0.2) is 0 Å². The Morgan fingerprint density at radius 3 is 1.38 bits per heavy atom. The first-order chi connectivity index (χ1) is 7.20. The molecule has 0 aromatic carbocycles. The number of ether oxygens (including phenoxy) is 2. The van der Waals surface area contributed by atoms with Gasteiger partial charge in [0.1, 0.15) is 0 Å². The summed E-state index contributed by atoms with van der Waals surface area (Å²) in [6.07, 6.45) is 5.79. The molecular formula is C11H21ClO4. The number of unbranched alkanes of at least 4 members (excludes halogenated alkanes) is 4. The van der Waals surface area contributed by atoms with Crippen molar-refractivity contribution < 1.29 is 19.1 Å². The highest BCUT2D eigenvalue weighted by atomic mass is 35.5. The summed E-state index contributed by atoms with van der Waals surface area (Å²) in [5.74, 6) is -0.297. The number of halogens is 1. The molecule has 4 nitrogen and oxygen atoms in total. The minimum Gasteiger partial charge on any atom is -0.469 e. The first kappa shape index (κ1) is 17.6. The summed E-state index contributed by atoms with van der Waals surface area (Å²) in [5, 5.41) is 0. The Hall–Kier alpha value is -0.770. The predicted octanol–water partition coefficient (Wildman–Crippen LogP) is 2.48. The third-order valence-corrected chi connectivity index (χ3v) is 2.22. The second-order valence-corrected chi connectivity index (χ2v) is 3.42. The average molecular weight is 253 g/mol. The van der Waals surface area contributed by atoms with Crippen LogP contribution in [0.25, 0.3) is 0 Å². The van der Waals surface area contributed by atoms with Crippen LogP contribution in [-0.2, 0) is 19.1 Å². The summed E-state index contributed by atoms with van der Waals surface area (Å²) in [6.45, 7) is 0. The van der Waals surface area contributed by atoms with E-state index in [1.165, 1.54) is 14.2 Å². The molecule has 0 aromatic rings. The number of carbonyl (C=O) groups excluding carboxylic acids is 2. The van der Waals surface area contributed by atoms with Gasteiger partial charge in [-0.05, 0) is 12.8 Å². The average Bonchev–Trinajstić information content (AvgIpc) is 2.26. The van der Waals surface area contributed by atoms with Gasteiger partial charge in [-0.15, -0.1) is 12.4 Å². The van der Waals surface area contributed by atoms with E-state index in [2.05, 4.69) is 9.47 Å². The molecule has 5 heteroatoms. The Labute approximate surface area is 103 Å². The largest absolute Gasteiger partial charge is 0.469 e. The Bertz CT molecular complexity index is 174. The molecule has 0 amide bonds. The van der Waals surface area contributed by atoms with E-state index in [1.54, 1.807) is 0 Å². The molecule has 0 heterocycles. The van der Waals surface area contributed by atoms with Crippen LogP contribution in [0.4, 0.5) is 0 Å². The van der Waals surface area contributed by atoms with Crippen molar-refractivity contribution in [2.24, 2.45) is 0 Å². The first-order valence-corrected chi connectivity index (χ1v) is 5.34. The standard InChI is InChI=1S/C11H20O4.ClH/c1-14-10(12)8-6-4-3-5-7-9-11(13)15-2;/h3-9H2,1-2H3;1H. The van der Waals surface area contributed by atoms with Crippen LogP contribution in [0.5, 0.6) is 0 Å². The van der Waals surface area contributed by atoms with Crippen LogP contribution in [0, 0.1) is 0 Å². The maximum atomic E-state index is 10.7. The van der Waals surface area contributed by atoms with Crippen molar-refractivity contribution in [3.8, 4) is 0 Å². The lowest BCUT2D eigenvalue weighted by Crippen LogP contribution is -2.00. The number of rotatable bonds is 8. The Balaban J connectivity index is 0. The van der Waals surface area contributed by atoms with Crippen molar-refractivity contribution >= 4 is 24.3 Å². The molecule has 0 saturated carbocycles. The second kappa shape index (κ2) is 12.3. The zero-order valence-electron chi connectivity index (χ0n) is 9.99. The van der Waals surface area contributed by atoms with Gasteiger partial charge in [0.05, 0.1) is 14.2 Å². The fourth-order valence-corrected chi connectivity index (χ4v) is 1.27. The third-order valence-electron chi connectivity index (χ3n) is 2.22. The van der Waals surface area contributed by atoms with Gasteiger partial charge in [0.2, 0.25) is 0 Å². The number of esters is 2. The fourth-order valence-electron chi connectivity index (χ4n) is 1.27. The van der Waals surface area contributed by atoms with Crippen LogP contribution in [0.15, 0.2) is 0 Å². The van der Waals surface area contributed by atoms with E-state index in [4.69, 9.17) is 0 Å². The van der Waals surface area contributed by atoms with Gasteiger partial charge in [0.25, 0.3) is 0 Å². The maximum Gasteiger partial charge on any atom is 0.305 e. The molecule has 0 saturated heterocycles. The highest BCUT2D eigenvalue weighted by Gasteiger charge is 2.01. The van der Waals surface area contributed by atoms with Crippen LogP contribution in [0.2, 0.25) is 0 Å². The summed E-state index contributed by atoms with van der Waals surface area (Å²) >= 11 is 0. The minimum absolute atomic E-state index is 0. The molecule has 0 N–H and O–H groups in total. The molecule has 0 fully saturated rings. The molecule has 96 valence electrons. The van der Waals surface area contributed by atoms with Gasteiger partial charge in [-0.25, -0.2) is 0 Å². The Kier molecular flexibility index (Phi) is 13.5. The molecular weight excluding hydrogens is 232 g/mol. The maximum absolute atomic E-state index is 10.7. The third kappa shape index (κ3) is 11.3. The molecule has 0 aliphatic carbocycles. The van der Waals surface area contributed by atoms with Crippen LogP contribution >= 0.6 is 12.4 Å². The minimum atomic E-state index is -0.149. The predicted molar refractivity (Wildman–Crippen MR) is 63.6 cm³/mol. The number of hydrogen-bond donors (Lipinski definition) is 0. The molecule has 0 aliphatic rings. The second-order valence-electron chi connectivity index (χ2n) is 3.42. The molecule has 0 atom stereocenters. The summed E-state index contributed by atoms with van der Waals surface area (Å²) in [5.41, 5.74) is 0. The fraction of sp³-hybridized carbons (Fsp3) is 0.818. The molecule has 0 rings (SSSR count). The molecule has 16 heavy (non-hydrogen) atoms. The van der Waals surface area contributed by atoms with Gasteiger partial charge < -0.3 is 9.47 Å². The highest BCUT2D eigenvalue weighted by Crippen LogP contribution is 2.07. The van der Waals surface area contributed by atoms with E-state index in [9.17, 15) is 9.59 Å². The first-order valence-electron chi connectivity index (χ1n) is 5.34. The molecule has 0 aromatic heterocycles. The van der Waals surface area contributed by atoms with E-state index >= 15 is 0 Å². The van der Waals surface area contributed by atoms with Gasteiger partial charge in [-0.2, -0.15) is 0 Å². The lowest BCUT2D eigenvalue weighted by Gasteiger charge is -2.01. The van der Waals surface area contributed by atoms with E-state index in [-0.39, 0.29) is 24.3 Å². The lowest BCUT2D eigenvalue weighted by molar-refractivity contribution is -0.141. The Morgan fingerprint density at radius 1 is 0.750 bits per heavy atom. The highest BCUT2D eigenvalue weighted by molar-refractivity contribution is 5.85.